The second-order valence-electron chi connectivity index (χ2n) is 7.78. The maximum Gasteiger partial charge on any atom is 0.416 e. The molecule has 0 saturated heterocycles. The van der Waals surface area contributed by atoms with Crippen LogP contribution in [-0.2, 0) is 19.1 Å². The SMILES string of the molecule is Cc1cn2c(n1)CCC(N=Cc1ccc(-c3c(C)cc(C(F)(F)F)cc3O)nc1N)C2. The fourth-order valence-electron chi connectivity index (χ4n) is 3.88. The first-order valence-electron chi connectivity index (χ1n) is 9.85. The smallest absolute Gasteiger partial charge is 0.416 e. The summed E-state index contributed by atoms with van der Waals surface area (Å²) in [5.74, 6) is 0.769. The maximum absolute atomic E-state index is 13.0. The standard InChI is InChI=1S/C22H22F3N5O/c1-12-7-15(22(23,24)25)8-18(31)20(12)17-5-3-14(21(26)29-17)9-27-16-4-6-19-28-13(2)10-30(19)11-16/h3,5,7-10,16,31H,4,6,11H2,1-2H3,(H2,26,29). The molecule has 3 aromatic rings. The summed E-state index contributed by atoms with van der Waals surface area (Å²) < 4.78 is 41.0. The minimum Gasteiger partial charge on any atom is -0.507 e. The molecule has 9 heteroatoms. The van der Waals surface area contributed by atoms with Crippen LogP contribution in [0.25, 0.3) is 11.3 Å². The quantitative estimate of drug-likeness (QED) is 0.608. The molecule has 1 aromatic carbocycles. The molecule has 4 rings (SSSR count). The van der Waals surface area contributed by atoms with Gasteiger partial charge in [-0.25, -0.2) is 9.97 Å². The zero-order chi connectivity index (χ0) is 22.3. The van der Waals surface area contributed by atoms with Gasteiger partial charge in [0.25, 0.3) is 0 Å². The molecule has 1 aliphatic heterocycles. The number of alkyl halides is 3. The van der Waals surface area contributed by atoms with E-state index >= 15 is 0 Å². The summed E-state index contributed by atoms with van der Waals surface area (Å²) >= 11 is 0. The number of rotatable bonds is 3. The van der Waals surface area contributed by atoms with E-state index in [2.05, 4.69) is 19.5 Å². The number of aromatic nitrogens is 3. The summed E-state index contributed by atoms with van der Waals surface area (Å²) in [4.78, 5) is 13.4. The van der Waals surface area contributed by atoms with Crippen molar-refractivity contribution in [2.75, 3.05) is 5.73 Å². The number of phenols is 1. The Hall–Kier alpha value is -3.36. The van der Waals surface area contributed by atoms with E-state index in [1.54, 1.807) is 18.3 Å². The summed E-state index contributed by atoms with van der Waals surface area (Å²) in [6, 6.07) is 5.10. The van der Waals surface area contributed by atoms with E-state index in [1.165, 1.54) is 6.92 Å². The van der Waals surface area contributed by atoms with Crippen molar-refractivity contribution < 1.29 is 18.3 Å². The number of aryl methyl sites for hydroxylation is 3. The van der Waals surface area contributed by atoms with Crippen molar-refractivity contribution in [3.63, 3.8) is 0 Å². The molecular weight excluding hydrogens is 407 g/mol. The van der Waals surface area contributed by atoms with Crippen LogP contribution in [0.5, 0.6) is 5.75 Å². The van der Waals surface area contributed by atoms with E-state index in [4.69, 9.17) is 5.73 Å². The molecule has 0 saturated carbocycles. The van der Waals surface area contributed by atoms with Crippen molar-refractivity contribution in [1.29, 1.82) is 0 Å². The van der Waals surface area contributed by atoms with Crippen molar-refractivity contribution in [2.45, 2.75) is 45.5 Å². The predicted molar refractivity (Wildman–Crippen MR) is 112 cm³/mol. The second kappa shape index (κ2) is 7.72. The van der Waals surface area contributed by atoms with E-state index in [0.29, 0.717) is 17.3 Å². The Kier molecular flexibility index (Phi) is 5.20. The maximum atomic E-state index is 13.0. The Labute approximate surface area is 177 Å². The molecular formula is C22H22F3N5O. The molecule has 31 heavy (non-hydrogen) atoms. The van der Waals surface area contributed by atoms with Crippen LogP contribution < -0.4 is 5.73 Å². The van der Waals surface area contributed by atoms with Gasteiger partial charge in [-0.2, -0.15) is 13.2 Å². The van der Waals surface area contributed by atoms with E-state index in [-0.39, 0.29) is 23.0 Å². The van der Waals surface area contributed by atoms with Gasteiger partial charge in [-0.1, -0.05) is 0 Å². The molecule has 0 bridgehead atoms. The zero-order valence-electron chi connectivity index (χ0n) is 17.1. The fraction of sp³-hybridized carbons (Fsp3) is 0.318. The van der Waals surface area contributed by atoms with E-state index in [9.17, 15) is 18.3 Å². The lowest BCUT2D eigenvalue weighted by atomic mass is 10.00. The fourth-order valence-corrected chi connectivity index (χ4v) is 3.88. The summed E-state index contributed by atoms with van der Waals surface area (Å²) in [6.45, 7) is 4.21. The summed E-state index contributed by atoms with van der Waals surface area (Å²) in [5.41, 5.74) is 7.55. The van der Waals surface area contributed by atoms with Gasteiger partial charge in [0.05, 0.1) is 23.0 Å². The van der Waals surface area contributed by atoms with Gasteiger partial charge in [-0.05, 0) is 50.1 Å². The van der Waals surface area contributed by atoms with Crippen molar-refractivity contribution in [3.8, 4) is 17.0 Å². The largest absolute Gasteiger partial charge is 0.507 e. The first-order chi connectivity index (χ1) is 14.6. The zero-order valence-corrected chi connectivity index (χ0v) is 17.1. The Morgan fingerprint density at radius 3 is 2.68 bits per heavy atom. The molecule has 2 aromatic heterocycles. The molecule has 0 spiro atoms. The molecule has 6 nitrogen and oxygen atoms in total. The van der Waals surface area contributed by atoms with Crippen molar-refractivity contribution in [1.82, 2.24) is 14.5 Å². The van der Waals surface area contributed by atoms with Gasteiger partial charge in [-0.3, -0.25) is 4.99 Å². The van der Waals surface area contributed by atoms with Crippen LogP contribution in [0.1, 0.15) is 34.6 Å². The molecule has 162 valence electrons. The summed E-state index contributed by atoms with van der Waals surface area (Å²) in [5, 5.41) is 10.2. The van der Waals surface area contributed by atoms with Crippen molar-refractivity contribution >= 4 is 12.0 Å². The third-order valence-corrected chi connectivity index (χ3v) is 5.37. The highest BCUT2D eigenvalue weighted by Gasteiger charge is 2.32. The number of nitrogens with two attached hydrogens (primary N) is 1. The molecule has 3 heterocycles. The molecule has 1 unspecified atom stereocenters. The second-order valence-corrected chi connectivity index (χ2v) is 7.78. The molecule has 1 atom stereocenters. The Morgan fingerprint density at radius 2 is 2.00 bits per heavy atom. The Bertz CT molecular complexity index is 1140. The number of nitrogen functional groups attached to an aromatic ring is 1. The van der Waals surface area contributed by atoms with Crippen LogP contribution >= 0.6 is 0 Å². The van der Waals surface area contributed by atoms with E-state index in [0.717, 1.165) is 37.0 Å². The number of anilines is 1. The van der Waals surface area contributed by atoms with Crippen LogP contribution in [0.4, 0.5) is 19.0 Å². The number of halogens is 3. The van der Waals surface area contributed by atoms with Crippen LogP contribution in [-0.4, -0.2) is 31.9 Å². The highest BCUT2D eigenvalue weighted by atomic mass is 19.4. The number of aliphatic imine (C=N–C) groups is 1. The minimum atomic E-state index is -4.54. The average Bonchev–Trinajstić information content (AvgIpc) is 3.05. The lowest BCUT2D eigenvalue weighted by Gasteiger charge is -2.20. The number of imidazole rings is 1. The number of hydrogen-bond donors (Lipinski definition) is 2. The predicted octanol–water partition coefficient (Wildman–Crippen LogP) is 4.30. The molecule has 3 N–H and O–H groups in total. The number of hydrogen-bond acceptors (Lipinski definition) is 5. The normalized spacial score (nSPS) is 16.6. The number of pyridine rings is 1. The average molecular weight is 429 g/mol. The molecule has 1 aliphatic rings. The Morgan fingerprint density at radius 1 is 1.23 bits per heavy atom. The van der Waals surface area contributed by atoms with Crippen LogP contribution in [0.3, 0.4) is 0 Å². The van der Waals surface area contributed by atoms with Crippen LogP contribution in [0.15, 0.2) is 35.5 Å². The van der Waals surface area contributed by atoms with E-state index in [1.807, 2.05) is 13.1 Å². The topological polar surface area (TPSA) is 89.3 Å². The summed E-state index contributed by atoms with van der Waals surface area (Å²) in [7, 11) is 0. The van der Waals surface area contributed by atoms with Crippen LogP contribution in [0, 0.1) is 13.8 Å². The van der Waals surface area contributed by atoms with Gasteiger partial charge < -0.3 is 15.4 Å². The molecule has 0 amide bonds. The first kappa shape index (κ1) is 20.9. The first-order valence-corrected chi connectivity index (χ1v) is 9.85. The number of benzene rings is 1. The van der Waals surface area contributed by atoms with Gasteiger partial charge in [0.1, 0.15) is 17.4 Å². The van der Waals surface area contributed by atoms with Gasteiger partial charge in [0.15, 0.2) is 0 Å². The highest BCUT2D eigenvalue weighted by molar-refractivity contribution is 5.87. The number of aromatic hydroxyl groups is 1. The number of nitrogens with zero attached hydrogens (tertiary/aromatic N) is 4. The highest BCUT2D eigenvalue weighted by Crippen LogP contribution is 2.38. The minimum absolute atomic E-state index is 0.0985. The van der Waals surface area contributed by atoms with Crippen molar-refractivity contribution in [3.05, 3.63) is 58.7 Å². The summed E-state index contributed by atoms with van der Waals surface area (Å²) in [6.07, 6.45) is 0.889. The molecule has 0 radical (unpaired) electrons. The van der Waals surface area contributed by atoms with Gasteiger partial charge in [0, 0.05) is 36.5 Å². The lowest BCUT2D eigenvalue weighted by Crippen LogP contribution is -2.23. The molecule has 0 aliphatic carbocycles. The Balaban J connectivity index is 1.56. The lowest BCUT2D eigenvalue weighted by molar-refractivity contribution is -0.137. The van der Waals surface area contributed by atoms with Gasteiger partial charge in [-0.15, -0.1) is 0 Å². The van der Waals surface area contributed by atoms with Crippen LogP contribution in [0.2, 0.25) is 0 Å². The number of phenolic OH excluding ortho intramolecular Hbond substituents is 1. The molecule has 0 fully saturated rings. The monoisotopic (exact) mass is 429 g/mol. The van der Waals surface area contributed by atoms with E-state index < -0.39 is 17.5 Å². The van der Waals surface area contributed by atoms with Gasteiger partial charge in [0.2, 0.25) is 0 Å². The third kappa shape index (κ3) is 4.26. The van der Waals surface area contributed by atoms with Crippen molar-refractivity contribution in [2.24, 2.45) is 4.99 Å². The van der Waals surface area contributed by atoms with Gasteiger partial charge >= 0.3 is 6.18 Å². The third-order valence-electron chi connectivity index (χ3n) is 5.37. The number of fused-ring (bicyclic) bond motifs is 1.